The van der Waals surface area contributed by atoms with Crippen molar-refractivity contribution in [1.29, 1.82) is 0 Å². The fourth-order valence-electron chi connectivity index (χ4n) is 1.11. The Morgan fingerprint density at radius 1 is 1.33 bits per heavy atom. The summed E-state index contributed by atoms with van der Waals surface area (Å²) in [6.07, 6.45) is 0. The highest BCUT2D eigenvalue weighted by atomic mass is 19.1. The first kappa shape index (κ1) is 11.5. The first-order valence-electron chi connectivity index (χ1n) is 4.68. The highest BCUT2D eigenvalue weighted by molar-refractivity contribution is 5.92. The minimum atomic E-state index is -0.466. The van der Waals surface area contributed by atoms with Crippen LogP contribution in [0.3, 0.4) is 0 Å². The largest absolute Gasteiger partial charge is 0.411 e. The third-order valence-electron chi connectivity index (χ3n) is 2.36. The van der Waals surface area contributed by atoms with Crippen LogP contribution < -0.4 is 5.32 Å². The zero-order chi connectivity index (χ0) is 11.5. The van der Waals surface area contributed by atoms with E-state index in [0.717, 1.165) is 5.69 Å². The Morgan fingerprint density at radius 2 is 1.87 bits per heavy atom. The maximum atomic E-state index is 12.7. The van der Waals surface area contributed by atoms with Gasteiger partial charge in [0.2, 0.25) is 0 Å². The lowest BCUT2D eigenvalue weighted by atomic mass is 9.99. The monoisotopic (exact) mass is 210 g/mol. The van der Waals surface area contributed by atoms with Crippen LogP contribution >= 0.6 is 0 Å². The number of nitrogens with zero attached hydrogens (tertiary/aromatic N) is 1. The van der Waals surface area contributed by atoms with Crippen LogP contribution in [0.25, 0.3) is 0 Å². The van der Waals surface area contributed by atoms with Crippen molar-refractivity contribution in [1.82, 2.24) is 0 Å². The molecule has 0 aliphatic heterocycles. The van der Waals surface area contributed by atoms with E-state index in [1.165, 1.54) is 12.1 Å². The number of halogens is 1. The Labute approximate surface area is 88.6 Å². The van der Waals surface area contributed by atoms with Crippen molar-refractivity contribution in [2.24, 2.45) is 5.16 Å². The summed E-state index contributed by atoms with van der Waals surface area (Å²) in [7, 11) is 0. The summed E-state index contributed by atoms with van der Waals surface area (Å²) < 4.78 is 12.7. The van der Waals surface area contributed by atoms with Crippen molar-refractivity contribution < 1.29 is 9.60 Å². The molecule has 0 amide bonds. The summed E-state index contributed by atoms with van der Waals surface area (Å²) in [5.74, 6) is -0.272. The summed E-state index contributed by atoms with van der Waals surface area (Å²) in [5.41, 5.74) is 0.878. The number of rotatable bonds is 3. The Morgan fingerprint density at radius 3 is 2.33 bits per heavy atom. The molecule has 0 aliphatic carbocycles. The molecule has 82 valence electrons. The van der Waals surface area contributed by atoms with E-state index in [1.807, 2.05) is 13.8 Å². The zero-order valence-corrected chi connectivity index (χ0v) is 9.08. The first-order valence-corrected chi connectivity index (χ1v) is 4.68. The molecule has 0 aliphatic rings. The van der Waals surface area contributed by atoms with Crippen LogP contribution in [0, 0.1) is 5.82 Å². The molecule has 0 bridgehead atoms. The zero-order valence-electron chi connectivity index (χ0n) is 9.08. The predicted octanol–water partition coefficient (Wildman–Crippen LogP) is 2.87. The normalized spacial score (nSPS) is 12.7. The van der Waals surface area contributed by atoms with Crippen LogP contribution in [-0.4, -0.2) is 16.5 Å². The number of anilines is 1. The van der Waals surface area contributed by atoms with Gasteiger partial charge in [-0.25, -0.2) is 4.39 Å². The summed E-state index contributed by atoms with van der Waals surface area (Å²) in [4.78, 5) is 0. The van der Waals surface area contributed by atoms with Gasteiger partial charge in [-0.15, -0.1) is 0 Å². The van der Waals surface area contributed by atoms with Gasteiger partial charge >= 0.3 is 0 Å². The second-order valence-corrected chi connectivity index (χ2v) is 3.94. The fourth-order valence-corrected chi connectivity index (χ4v) is 1.11. The average molecular weight is 210 g/mol. The van der Waals surface area contributed by atoms with Gasteiger partial charge in [-0.3, -0.25) is 0 Å². The molecule has 0 unspecified atom stereocenters. The molecule has 15 heavy (non-hydrogen) atoms. The predicted molar refractivity (Wildman–Crippen MR) is 59.0 cm³/mol. The molecule has 0 aromatic heterocycles. The molecule has 0 fully saturated rings. The minimum absolute atomic E-state index is 0.272. The molecule has 1 rings (SSSR count). The Hall–Kier alpha value is -1.58. The molecule has 1 aromatic rings. The highest BCUT2D eigenvalue weighted by Crippen LogP contribution is 2.16. The minimum Gasteiger partial charge on any atom is -0.411 e. The standard InChI is InChI=1S/C11H15FN2O/c1-8(14-15)11(2,3)13-10-6-4-9(12)5-7-10/h4-7,13,15H,1-3H3/b14-8-. The van der Waals surface area contributed by atoms with E-state index in [-0.39, 0.29) is 5.82 Å². The van der Waals surface area contributed by atoms with Crippen LogP contribution in [0.1, 0.15) is 20.8 Å². The summed E-state index contributed by atoms with van der Waals surface area (Å²) in [6, 6.07) is 6.04. The van der Waals surface area contributed by atoms with E-state index in [2.05, 4.69) is 10.5 Å². The van der Waals surface area contributed by atoms with Crippen molar-refractivity contribution in [3.05, 3.63) is 30.1 Å². The van der Waals surface area contributed by atoms with Gasteiger partial charge in [0.25, 0.3) is 0 Å². The van der Waals surface area contributed by atoms with E-state index >= 15 is 0 Å². The molecule has 0 spiro atoms. The van der Waals surface area contributed by atoms with Gasteiger partial charge in [-0.1, -0.05) is 5.16 Å². The van der Waals surface area contributed by atoms with Gasteiger partial charge in [-0.05, 0) is 45.0 Å². The van der Waals surface area contributed by atoms with E-state index < -0.39 is 5.54 Å². The second kappa shape index (κ2) is 4.29. The van der Waals surface area contributed by atoms with Crippen LogP contribution in [0.4, 0.5) is 10.1 Å². The molecule has 0 saturated heterocycles. The van der Waals surface area contributed by atoms with Gasteiger partial charge in [0.1, 0.15) is 5.82 Å². The average Bonchev–Trinajstić information content (AvgIpc) is 2.20. The third-order valence-corrected chi connectivity index (χ3v) is 2.36. The maximum Gasteiger partial charge on any atom is 0.123 e. The second-order valence-electron chi connectivity index (χ2n) is 3.94. The van der Waals surface area contributed by atoms with E-state index in [0.29, 0.717) is 5.71 Å². The number of oxime groups is 1. The van der Waals surface area contributed by atoms with Gasteiger partial charge in [-0.2, -0.15) is 0 Å². The Balaban J connectivity index is 2.82. The smallest absolute Gasteiger partial charge is 0.123 e. The summed E-state index contributed by atoms with van der Waals surface area (Å²) >= 11 is 0. The van der Waals surface area contributed by atoms with Crippen molar-refractivity contribution in [3.8, 4) is 0 Å². The van der Waals surface area contributed by atoms with E-state index in [9.17, 15) is 4.39 Å². The van der Waals surface area contributed by atoms with Crippen molar-refractivity contribution in [3.63, 3.8) is 0 Å². The lowest BCUT2D eigenvalue weighted by Crippen LogP contribution is -2.38. The molecule has 4 heteroatoms. The number of benzene rings is 1. The Kier molecular flexibility index (Phi) is 3.29. The molecule has 0 saturated carbocycles. The van der Waals surface area contributed by atoms with Crippen LogP contribution in [0.5, 0.6) is 0 Å². The molecule has 0 radical (unpaired) electrons. The van der Waals surface area contributed by atoms with Gasteiger partial charge in [0.05, 0.1) is 11.3 Å². The molecule has 2 N–H and O–H groups in total. The molecule has 3 nitrogen and oxygen atoms in total. The Bertz CT molecular complexity index is 357. The van der Waals surface area contributed by atoms with Gasteiger partial charge in [0.15, 0.2) is 0 Å². The lowest BCUT2D eigenvalue weighted by Gasteiger charge is -2.26. The number of nitrogens with one attached hydrogen (secondary N) is 1. The molecular formula is C11H15FN2O. The molecular weight excluding hydrogens is 195 g/mol. The summed E-state index contributed by atoms with van der Waals surface area (Å²) in [5, 5.41) is 15.0. The first-order chi connectivity index (χ1) is 6.95. The van der Waals surface area contributed by atoms with Crippen molar-refractivity contribution in [2.75, 3.05) is 5.32 Å². The SMILES string of the molecule is C/C(=N/O)C(C)(C)Nc1ccc(F)cc1. The topological polar surface area (TPSA) is 44.6 Å². The molecule has 0 heterocycles. The quantitative estimate of drug-likeness (QED) is 0.457. The van der Waals surface area contributed by atoms with Gasteiger partial charge in [0, 0.05) is 5.69 Å². The fraction of sp³-hybridized carbons (Fsp3) is 0.364. The van der Waals surface area contributed by atoms with Crippen molar-refractivity contribution in [2.45, 2.75) is 26.3 Å². The highest BCUT2D eigenvalue weighted by Gasteiger charge is 2.21. The van der Waals surface area contributed by atoms with Crippen LogP contribution in [0.15, 0.2) is 29.4 Å². The van der Waals surface area contributed by atoms with Crippen molar-refractivity contribution >= 4 is 11.4 Å². The van der Waals surface area contributed by atoms with Crippen LogP contribution in [-0.2, 0) is 0 Å². The van der Waals surface area contributed by atoms with E-state index in [1.54, 1.807) is 19.1 Å². The number of hydrogen-bond acceptors (Lipinski definition) is 3. The van der Waals surface area contributed by atoms with E-state index in [4.69, 9.17) is 5.21 Å². The lowest BCUT2D eigenvalue weighted by molar-refractivity contribution is 0.314. The van der Waals surface area contributed by atoms with Gasteiger partial charge < -0.3 is 10.5 Å². The molecule has 0 atom stereocenters. The van der Waals surface area contributed by atoms with Crippen LogP contribution in [0.2, 0.25) is 0 Å². The maximum absolute atomic E-state index is 12.7. The molecule has 1 aromatic carbocycles. The summed E-state index contributed by atoms with van der Waals surface area (Å²) in [6.45, 7) is 5.48. The third kappa shape index (κ3) is 2.94. The number of hydrogen-bond donors (Lipinski definition) is 2.